The Balaban J connectivity index is 2.21. The molecule has 0 unspecified atom stereocenters. The highest BCUT2D eigenvalue weighted by Gasteiger charge is 2.18. The molecule has 0 aliphatic rings. The Morgan fingerprint density at radius 1 is 1.33 bits per heavy atom. The fourth-order valence-corrected chi connectivity index (χ4v) is 2.72. The van der Waals surface area contributed by atoms with Crippen LogP contribution >= 0.6 is 34.9 Å². The maximum absolute atomic E-state index is 12.0. The van der Waals surface area contributed by atoms with Crippen molar-refractivity contribution in [1.82, 2.24) is 13.6 Å². The van der Waals surface area contributed by atoms with Gasteiger partial charge in [-0.2, -0.15) is 8.75 Å². The van der Waals surface area contributed by atoms with Crippen molar-refractivity contribution in [2.24, 2.45) is 0 Å². The molecule has 0 atom stereocenters. The summed E-state index contributed by atoms with van der Waals surface area (Å²) in [6.07, 6.45) is -0.147. The van der Waals surface area contributed by atoms with Crippen molar-refractivity contribution in [3.8, 4) is 0 Å². The van der Waals surface area contributed by atoms with Gasteiger partial charge in [-0.1, -0.05) is 23.2 Å². The van der Waals surface area contributed by atoms with E-state index < -0.39 is 12.0 Å². The van der Waals surface area contributed by atoms with E-state index in [4.69, 9.17) is 28.3 Å². The summed E-state index contributed by atoms with van der Waals surface area (Å²) in [6, 6.07) is 0.981. The van der Waals surface area contributed by atoms with E-state index in [1.165, 1.54) is 18.0 Å². The second kappa shape index (κ2) is 6.42. The predicted molar refractivity (Wildman–Crippen MR) is 81.3 cm³/mol. The van der Waals surface area contributed by atoms with Crippen LogP contribution in [-0.2, 0) is 4.79 Å². The lowest BCUT2D eigenvalue weighted by molar-refractivity contribution is -0.137. The summed E-state index contributed by atoms with van der Waals surface area (Å²) in [5.41, 5.74) is 1.16. The first kappa shape index (κ1) is 15.7. The molecule has 2 amide bonds. The molecule has 0 saturated carbocycles. The van der Waals surface area contributed by atoms with Crippen LogP contribution in [0.1, 0.15) is 6.42 Å². The van der Waals surface area contributed by atoms with Crippen LogP contribution in [0.25, 0.3) is 11.0 Å². The molecule has 1 heterocycles. The van der Waals surface area contributed by atoms with Gasteiger partial charge in [-0.25, -0.2) is 4.79 Å². The van der Waals surface area contributed by atoms with Crippen molar-refractivity contribution >= 4 is 63.7 Å². The lowest BCUT2D eigenvalue weighted by atomic mass is 10.2. The van der Waals surface area contributed by atoms with Gasteiger partial charge in [0.2, 0.25) is 0 Å². The molecule has 0 aliphatic heterocycles. The Labute approximate surface area is 133 Å². The zero-order valence-electron chi connectivity index (χ0n) is 10.8. The molecule has 21 heavy (non-hydrogen) atoms. The molecule has 0 bridgehead atoms. The average Bonchev–Trinajstić information content (AvgIpc) is 2.90. The number of carboxylic acids is 1. The summed E-state index contributed by atoms with van der Waals surface area (Å²) in [5, 5.41) is 11.8. The normalized spacial score (nSPS) is 10.6. The second-order valence-corrected chi connectivity index (χ2v) is 5.51. The van der Waals surface area contributed by atoms with Crippen LogP contribution < -0.4 is 5.32 Å². The Bertz CT molecular complexity index is 706. The van der Waals surface area contributed by atoms with Crippen LogP contribution in [0, 0.1) is 0 Å². The molecule has 1 aromatic carbocycles. The minimum Gasteiger partial charge on any atom is -0.481 e. The number of fused-ring (bicyclic) bond motifs is 1. The highest BCUT2D eigenvalue weighted by molar-refractivity contribution is 7.00. The van der Waals surface area contributed by atoms with E-state index in [1.54, 1.807) is 0 Å². The summed E-state index contributed by atoms with van der Waals surface area (Å²) >= 11 is 13.0. The third-order valence-electron chi connectivity index (χ3n) is 2.68. The zero-order chi connectivity index (χ0) is 15.6. The molecule has 1 aromatic heterocycles. The van der Waals surface area contributed by atoms with Gasteiger partial charge in [0, 0.05) is 13.6 Å². The predicted octanol–water partition coefficient (Wildman–Crippen LogP) is 2.94. The van der Waals surface area contributed by atoms with E-state index in [1.807, 2.05) is 0 Å². The molecule has 2 N–H and O–H groups in total. The number of carbonyl (C=O) groups excluding carboxylic acids is 1. The smallest absolute Gasteiger partial charge is 0.321 e. The van der Waals surface area contributed by atoms with Crippen LogP contribution in [0.4, 0.5) is 10.5 Å². The van der Waals surface area contributed by atoms with Crippen molar-refractivity contribution in [2.45, 2.75) is 6.42 Å². The monoisotopic (exact) mass is 348 g/mol. The molecule has 2 rings (SSSR count). The maximum atomic E-state index is 12.0. The molecule has 0 fully saturated rings. The SMILES string of the molecule is CN(CCC(=O)O)C(=O)Nc1c(Cl)cc(Cl)c2nsnc12. The molecule has 0 spiro atoms. The highest BCUT2D eigenvalue weighted by Crippen LogP contribution is 2.35. The molecular formula is C11H10Cl2N4O3S. The van der Waals surface area contributed by atoms with Gasteiger partial charge < -0.3 is 15.3 Å². The zero-order valence-corrected chi connectivity index (χ0v) is 13.1. The third-order valence-corrected chi connectivity index (χ3v) is 3.80. The van der Waals surface area contributed by atoms with Gasteiger partial charge in [0.15, 0.2) is 0 Å². The van der Waals surface area contributed by atoms with Crippen LogP contribution in [-0.4, -0.2) is 44.3 Å². The van der Waals surface area contributed by atoms with Crippen LogP contribution in [0.2, 0.25) is 10.0 Å². The number of hydrogen-bond donors (Lipinski definition) is 2. The first-order valence-electron chi connectivity index (χ1n) is 5.74. The van der Waals surface area contributed by atoms with Gasteiger partial charge in [0.05, 0.1) is 33.9 Å². The van der Waals surface area contributed by atoms with E-state index in [0.717, 1.165) is 11.7 Å². The highest BCUT2D eigenvalue weighted by atomic mass is 35.5. The van der Waals surface area contributed by atoms with Gasteiger partial charge in [0.1, 0.15) is 11.0 Å². The number of halogens is 2. The van der Waals surface area contributed by atoms with Crippen molar-refractivity contribution in [2.75, 3.05) is 18.9 Å². The van der Waals surface area contributed by atoms with Gasteiger partial charge in [-0.15, -0.1) is 0 Å². The molecule has 112 valence electrons. The standard InChI is InChI=1S/C11H10Cl2N4O3S/c1-17(3-2-7(18)19)11(20)14-8-5(12)4-6(13)9-10(8)16-21-15-9/h4H,2-3H2,1H3,(H,14,20)(H,18,19). The number of carbonyl (C=O) groups is 2. The number of urea groups is 1. The summed E-state index contributed by atoms with van der Waals surface area (Å²) in [7, 11) is 1.48. The summed E-state index contributed by atoms with van der Waals surface area (Å²) in [5.74, 6) is -0.981. The van der Waals surface area contributed by atoms with Crippen molar-refractivity contribution in [3.05, 3.63) is 16.1 Å². The summed E-state index contributed by atoms with van der Waals surface area (Å²) in [4.78, 5) is 23.8. The molecule has 0 radical (unpaired) electrons. The maximum Gasteiger partial charge on any atom is 0.321 e. The number of amides is 2. The Hall–Kier alpha value is -1.64. The van der Waals surface area contributed by atoms with Gasteiger partial charge >= 0.3 is 12.0 Å². The lowest BCUT2D eigenvalue weighted by Gasteiger charge is -2.17. The first-order valence-corrected chi connectivity index (χ1v) is 7.23. The summed E-state index contributed by atoms with van der Waals surface area (Å²) in [6.45, 7) is 0.0742. The number of aromatic nitrogens is 2. The van der Waals surface area contributed by atoms with Crippen LogP contribution in [0.15, 0.2) is 6.07 Å². The Morgan fingerprint density at radius 2 is 2.00 bits per heavy atom. The van der Waals surface area contributed by atoms with Crippen LogP contribution in [0.5, 0.6) is 0 Å². The third kappa shape index (κ3) is 3.52. The van der Waals surface area contributed by atoms with E-state index in [0.29, 0.717) is 21.7 Å². The molecule has 10 heteroatoms. The number of nitrogens with zero attached hydrogens (tertiary/aromatic N) is 3. The fraction of sp³-hybridized carbons (Fsp3) is 0.273. The minimum atomic E-state index is -0.981. The van der Waals surface area contributed by atoms with Crippen LogP contribution in [0.3, 0.4) is 0 Å². The molecule has 0 aliphatic carbocycles. The van der Waals surface area contributed by atoms with Crippen molar-refractivity contribution < 1.29 is 14.7 Å². The first-order chi connectivity index (χ1) is 9.90. The molecule has 0 saturated heterocycles. The average molecular weight is 349 g/mol. The van der Waals surface area contributed by atoms with Gasteiger partial charge in [0.25, 0.3) is 0 Å². The molecule has 7 nitrogen and oxygen atoms in total. The topological polar surface area (TPSA) is 95.4 Å². The van der Waals surface area contributed by atoms with Gasteiger partial charge in [-0.05, 0) is 6.07 Å². The second-order valence-electron chi connectivity index (χ2n) is 4.17. The number of rotatable bonds is 4. The van der Waals surface area contributed by atoms with E-state index in [2.05, 4.69) is 14.1 Å². The Morgan fingerprint density at radius 3 is 2.67 bits per heavy atom. The number of carboxylic acid groups (broad SMARTS) is 1. The minimum absolute atomic E-state index is 0.0742. The van der Waals surface area contributed by atoms with Crippen molar-refractivity contribution in [3.63, 3.8) is 0 Å². The molecule has 2 aromatic rings. The fourth-order valence-electron chi connectivity index (χ4n) is 1.56. The number of hydrogen-bond acceptors (Lipinski definition) is 5. The number of benzene rings is 1. The van der Waals surface area contributed by atoms with E-state index in [-0.39, 0.29) is 18.0 Å². The Kier molecular flexibility index (Phi) is 4.81. The van der Waals surface area contributed by atoms with Crippen molar-refractivity contribution in [1.29, 1.82) is 0 Å². The largest absolute Gasteiger partial charge is 0.481 e. The lowest BCUT2D eigenvalue weighted by Crippen LogP contribution is -2.33. The summed E-state index contributed by atoms with van der Waals surface area (Å²) < 4.78 is 8.09. The number of anilines is 1. The quantitative estimate of drug-likeness (QED) is 0.885. The number of nitrogens with one attached hydrogen (secondary N) is 1. The van der Waals surface area contributed by atoms with E-state index in [9.17, 15) is 9.59 Å². The van der Waals surface area contributed by atoms with E-state index >= 15 is 0 Å². The number of aliphatic carboxylic acids is 1. The van der Waals surface area contributed by atoms with Gasteiger partial charge in [-0.3, -0.25) is 4.79 Å². The molecular weight excluding hydrogens is 339 g/mol.